The van der Waals surface area contributed by atoms with Gasteiger partial charge in [0.1, 0.15) is 0 Å². The predicted octanol–water partition coefficient (Wildman–Crippen LogP) is 6.06. The lowest BCUT2D eigenvalue weighted by molar-refractivity contribution is 0.103. The molecule has 1 aliphatic carbocycles. The molecular formula is C23H22ClNO. The quantitative estimate of drug-likeness (QED) is 0.563. The third-order valence-corrected chi connectivity index (χ3v) is 5.63. The average molecular weight is 364 g/mol. The molecule has 2 aromatic carbocycles. The third kappa shape index (κ3) is 2.89. The largest absolute Gasteiger partial charge is 0.358 e. The highest BCUT2D eigenvalue weighted by atomic mass is 35.5. The van der Waals surface area contributed by atoms with Crippen LogP contribution in [-0.2, 0) is 12.8 Å². The molecule has 2 nitrogen and oxygen atoms in total. The molecule has 26 heavy (non-hydrogen) atoms. The maximum absolute atomic E-state index is 13.6. The minimum absolute atomic E-state index is 0.0306. The first-order chi connectivity index (χ1) is 12.6. The fraction of sp³-hybridized carbons (Fsp3) is 0.261. The first kappa shape index (κ1) is 17.1. The van der Waals surface area contributed by atoms with Gasteiger partial charge in [0.15, 0.2) is 5.78 Å². The number of aromatic nitrogens is 1. The van der Waals surface area contributed by atoms with Crippen LogP contribution in [0.1, 0.15) is 51.1 Å². The predicted molar refractivity (Wildman–Crippen MR) is 107 cm³/mol. The smallest absolute Gasteiger partial charge is 0.197 e. The minimum atomic E-state index is 0.0306. The topological polar surface area (TPSA) is 32.9 Å². The molecule has 0 unspecified atom stereocenters. The average Bonchev–Trinajstić information content (AvgIpc) is 3.01. The second-order valence-electron chi connectivity index (χ2n) is 7.17. The zero-order valence-corrected chi connectivity index (χ0v) is 15.9. The van der Waals surface area contributed by atoms with Crippen molar-refractivity contribution in [3.8, 4) is 11.3 Å². The molecule has 0 saturated carbocycles. The fourth-order valence-electron chi connectivity index (χ4n) is 3.92. The van der Waals surface area contributed by atoms with Crippen molar-refractivity contribution in [3.05, 3.63) is 81.0 Å². The lowest BCUT2D eigenvalue weighted by Gasteiger charge is -2.14. The van der Waals surface area contributed by atoms with Crippen molar-refractivity contribution in [2.75, 3.05) is 0 Å². The van der Waals surface area contributed by atoms with Crippen LogP contribution < -0.4 is 0 Å². The molecule has 4 rings (SSSR count). The molecule has 132 valence electrons. The van der Waals surface area contributed by atoms with Crippen LogP contribution in [0.25, 0.3) is 11.3 Å². The Hall–Kier alpha value is -2.32. The Balaban J connectivity index is 1.93. The number of aromatic amines is 1. The number of hydrogen-bond donors (Lipinski definition) is 1. The van der Waals surface area contributed by atoms with Gasteiger partial charge in [-0.1, -0.05) is 53.6 Å². The molecule has 0 spiro atoms. The second kappa shape index (κ2) is 6.77. The maximum Gasteiger partial charge on any atom is 0.197 e. The van der Waals surface area contributed by atoms with Gasteiger partial charge >= 0.3 is 0 Å². The Morgan fingerprint density at radius 3 is 2.42 bits per heavy atom. The van der Waals surface area contributed by atoms with E-state index in [-0.39, 0.29) is 5.78 Å². The van der Waals surface area contributed by atoms with Crippen molar-refractivity contribution in [1.29, 1.82) is 0 Å². The number of hydrogen-bond acceptors (Lipinski definition) is 1. The number of aryl methyl sites for hydroxylation is 3. The number of halogens is 1. The number of carbonyl (C=O) groups excluding carboxylic acids is 1. The first-order valence-electron chi connectivity index (χ1n) is 9.17. The normalized spacial score (nSPS) is 13.5. The molecule has 0 radical (unpaired) electrons. The lowest BCUT2D eigenvalue weighted by atomic mass is 9.88. The van der Waals surface area contributed by atoms with Crippen molar-refractivity contribution in [2.24, 2.45) is 0 Å². The SMILES string of the molecule is Cc1ccc(-c2[nH]c3c(c2C(=O)c2c(C)cccc2Cl)CCCC3)cc1. The van der Waals surface area contributed by atoms with E-state index in [0.717, 1.165) is 41.6 Å². The van der Waals surface area contributed by atoms with Gasteiger partial charge in [-0.25, -0.2) is 0 Å². The highest BCUT2D eigenvalue weighted by Gasteiger charge is 2.28. The van der Waals surface area contributed by atoms with E-state index in [1.165, 1.54) is 23.2 Å². The zero-order chi connectivity index (χ0) is 18.3. The van der Waals surface area contributed by atoms with Gasteiger partial charge < -0.3 is 4.98 Å². The van der Waals surface area contributed by atoms with Gasteiger partial charge in [0.05, 0.1) is 16.3 Å². The Morgan fingerprint density at radius 1 is 0.962 bits per heavy atom. The molecule has 0 aliphatic heterocycles. The van der Waals surface area contributed by atoms with Crippen LogP contribution in [0, 0.1) is 13.8 Å². The molecule has 1 heterocycles. The molecule has 1 aliphatic rings. The molecular weight excluding hydrogens is 342 g/mol. The number of carbonyl (C=O) groups is 1. The number of fused-ring (bicyclic) bond motifs is 1. The van der Waals surface area contributed by atoms with Gasteiger partial charge in [0, 0.05) is 11.3 Å². The van der Waals surface area contributed by atoms with Crippen molar-refractivity contribution >= 4 is 17.4 Å². The highest BCUT2D eigenvalue weighted by Crippen LogP contribution is 2.36. The van der Waals surface area contributed by atoms with E-state index >= 15 is 0 Å². The van der Waals surface area contributed by atoms with Crippen molar-refractivity contribution in [1.82, 2.24) is 4.98 Å². The van der Waals surface area contributed by atoms with E-state index in [1.807, 2.05) is 19.1 Å². The molecule has 3 heteroatoms. The van der Waals surface area contributed by atoms with E-state index in [1.54, 1.807) is 6.07 Å². The summed E-state index contributed by atoms with van der Waals surface area (Å²) in [6.45, 7) is 4.02. The number of nitrogens with one attached hydrogen (secondary N) is 1. The Kier molecular flexibility index (Phi) is 4.46. The lowest BCUT2D eigenvalue weighted by Crippen LogP contribution is -2.10. The third-order valence-electron chi connectivity index (χ3n) is 5.31. The van der Waals surface area contributed by atoms with Gasteiger partial charge in [-0.05, 0) is 62.3 Å². The van der Waals surface area contributed by atoms with E-state index in [4.69, 9.17) is 11.6 Å². The summed E-state index contributed by atoms with van der Waals surface area (Å²) in [6.07, 6.45) is 4.24. The number of benzene rings is 2. The van der Waals surface area contributed by atoms with Crippen LogP contribution in [0.2, 0.25) is 5.02 Å². The van der Waals surface area contributed by atoms with Crippen LogP contribution in [0.15, 0.2) is 42.5 Å². The molecule has 1 N–H and O–H groups in total. The molecule has 3 aromatic rings. The summed E-state index contributed by atoms with van der Waals surface area (Å²) in [5, 5.41) is 0.524. The number of rotatable bonds is 3. The molecule has 0 saturated heterocycles. The van der Waals surface area contributed by atoms with E-state index in [0.29, 0.717) is 10.6 Å². The Morgan fingerprint density at radius 2 is 1.69 bits per heavy atom. The second-order valence-corrected chi connectivity index (χ2v) is 7.57. The molecule has 0 fully saturated rings. The van der Waals surface area contributed by atoms with E-state index < -0.39 is 0 Å². The van der Waals surface area contributed by atoms with E-state index in [2.05, 4.69) is 36.2 Å². The van der Waals surface area contributed by atoms with Gasteiger partial charge in [0.2, 0.25) is 0 Å². The number of ketones is 1. The van der Waals surface area contributed by atoms with Crippen LogP contribution >= 0.6 is 11.6 Å². The zero-order valence-electron chi connectivity index (χ0n) is 15.2. The summed E-state index contributed by atoms with van der Waals surface area (Å²) in [5.41, 5.74) is 7.92. The first-order valence-corrected chi connectivity index (χ1v) is 9.54. The number of H-pyrrole nitrogens is 1. The summed E-state index contributed by atoms with van der Waals surface area (Å²) >= 11 is 6.41. The van der Waals surface area contributed by atoms with Crippen molar-refractivity contribution in [3.63, 3.8) is 0 Å². The summed E-state index contributed by atoms with van der Waals surface area (Å²) in [4.78, 5) is 17.1. The Bertz CT molecular complexity index is 962. The summed E-state index contributed by atoms with van der Waals surface area (Å²) < 4.78 is 0. The summed E-state index contributed by atoms with van der Waals surface area (Å²) in [5.74, 6) is 0.0306. The minimum Gasteiger partial charge on any atom is -0.358 e. The summed E-state index contributed by atoms with van der Waals surface area (Å²) in [6, 6.07) is 14.0. The molecule has 0 bridgehead atoms. The standard InChI is InChI=1S/C23H22ClNO/c1-14-10-12-16(13-11-14)22-21(17-7-3-4-9-19(17)25-22)23(26)20-15(2)6-5-8-18(20)24/h5-6,8,10-13,25H,3-4,7,9H2,1-2H3. The van der Waals surface area contributed by atoms with Crippen LogP contribution in [-0.4, -0.2) is 10.8 Å². The van der Waals surface area contributed by atoms with Crippen LogP contribution in [0.3, 0.4) is 0 Å². The van der Waals surface area contributed by atoms with Crippen molar-refractivity contribution < 1.29 is 4.79 Å². The molecule has 1 aromatic heterocycles. The van der Waals surface area contributed by atoms with Gasteiger partial charge in [-0.15, -0.1) is 0 Å². The molecule has 0 amide bonds. The summed E-state index contributed by atoms with van der Waals surface area (Å²) in [7, 11) is 0. The Labute approximate surface area is 159 Å². The molecule has 0 atom stereocenters. The van der Waals surface area contributed by atoms with Crippen LogP contribution in [0.4, 0.5) is 0 Å². The fourth-order valence-corrected chi connectivity index (χ4v) is 4.22. The monoisotopic (exact) mass is 363 g/mol. The van der Waals surface area contributed by atoms with Gasteiger partial charge in [0.25, 0.3) is 0 Å². The highest BCUT2D eigenvalue weighted by molar-refractivity contribution is 6.35. The maximum atomic E-state index is 13.6. The van der Waals surface area contributed by atoms with Gasteiger partial charge in [-0.2, -0.15) is 0 Å². The van der Waals surface area contributed by atoms with E-state index in [9.17, 15) is 4.79 Å². The van der Waals surface area contributed by atoms with Crippen LogP contribution in [0.5, 0.6) is 0 Å². The van der Waals surface area contributed by atoms with Crippen molar-refractivity contribution in [2.45, 2.75) is 39.5 Å². The van der Waals surface area contributed by atoms with Gasteiger partial charge in [-0.3, -0.25) is 4.79 Å².